The van der Waals surface area contributed by atoms with Crippen molar-refractivity contribution in [2.45, 2.75) is 44.9 Å². The number of carbonyl (C=O) groups excluding carboxylic acids is 4. The van der Waals surface area contributed by atoms with Crippen LogP contribution in [0.2, 0.25) is 0 Å². The van der Waals surface area contributed by atoms with Gasteiger partial charge in [0.05, 0.1) is 0 Å². The Morgan fingerprint density at radius 3 is 2.67 bits per heavy atom. The van der Waals surface area contributed by atoms with E-state index in [1.54, 1.807) is 30.5 Å². The lowest BCUT2D eigenvalue weighted by Gasteiger charge is -2.29. The van der Waals surface area contributed by atoms with Crippen molar-refractivity contribution in [3.05, 3.63) is 83.0 Å². The molecule has 2 atom stereocenters. The first-order valence-corrected chi connectivity index (χ1v) is 12.8. The zero-order valence-corrected chi connectivity index (χ0v) is 21.5. The van der Waals surface area contributed by atoms with Gasteiger partial charge in [-0.05, 0) is 42.2 Å². The van der Waals surface area contributed by atoms with Crippen LogP contribution in [0.3, 0.4) is 0 Å². The zero-order chi connectivity index (χ0) is 27.5. The number of piperidine rings is 1. The fourth-order valence-corrected chi connectivity index (χ4v) is 5.04. The van der Waals surface area contributed by atoms with Crippen LogP contribution in [0.15, 0.2) is 60.8 Å². The summed E-state index contributed by atoms with van der Waals surface area (Å²) in [6.07, 6.45) is 2.02. The number of aromatic nitrogens is 2. The molecule has 0 bridgehead atoms. The van der Waals surface area contributed by atoms with Gasteiger partial charge in [-0.25, -0.2) is 4.98 Å². The standard InChI is InChI=1S/C28H29N7O4/c1-2-34(15-17-7-4-3-5-8-17)28-30-14-13-22(32-28)31-24(25(29)37)18-9-6-10-19-20(18)16-35(27(19)39)21-11-12-23(36)33-26(21)38/h3-10,13-14,21,24H,2,11-12,15-16H2,1H3,(H2,29,37)(H,30,31,32)(H,33,36,38). The van der Waals surface area contributed by atoms with E-state index in [1.165, 1.54) is 4.90 Å². The molecule has 11 heteroatoms. The van der Waals surface area contributed by atoms with Gasteiger partial charge < -0.3 is 20.9 Å². The van der Waals surface area contributed by atoms with Gasteiger partial charge in [-0.1, -0.05) is 42.5 Å². The molecule has 0 saturated carbocycles. The van der Waals surface area contributed by atoms with Crippen LogP contribution in [0.1, 0.15) is 52.9 Å². The van der Waals surface area contributed by atoms with Crippen LogP contribution >= 0.6 is 0 Å². The van der Waals surface area contributed by atoms with Crippen LogP contribution in [-0.2, 0) is 27.5 Å². The molecule has 4 N–H and O–H groups in total. The number of nitrogens with zero attached hydrogens (tertiary/aromatic N) is 4. The highest BCUT2D eigenvalue weighted by atomic mass is 16.2. The van der Waals surface area contributed by atoms with Gasteiger partial charge in [0.2, 0.25) is 23.7 Å². The van der Waals surface area contributed by atoms with Gasteiger partial charge in [0, 0.05) is 37.8 Å². The maximum Gasteiger partial charge on any atom is 0.255 e. The highest BCUT2D eigenvalue weighted by Gasteiger charge is 2.40. The highest BCUT2D eigenvalue weighted by molar-refractivity contribution is 6.05. The summed E-state index contributed by atoms with van der Waals surface area (Å²) in [6, 6.07) is 15.0. The third kappa shape index (κ3) is 5.28. The Bertz CT molecular complexity index is 1430. The first-order chi connectivity index (χ1) is 18.9. The van der Waals surface area contributed by atoms with Crippen LogP contribution in [0.5, 0.6) is 0 Å². The molecule has 39 heavy (non-hydrogen) atoms. The van der Waals surface area contributed by atoms with Crippen molar-refractivity contribution >= 4 is 35.4 Å². The molecule has 5 rings (SSSR count). The molecule has 200 valence electrons. The average Bonchev–Trinajstić information content (AvgIpc) is 3.27. The maximum absolute atomic E-state index is 13.2. The maximum atomic E-state index is 13.2. The lowest BCUT2D eigenvalue weighted by atomic mass is 9.96. The fraction of sp³-hybridized carbons (Fsp3) is 0.286. The smallest absolute Gasteiger partial charge is 0.255 e. The molecule has 0 radical (unpaired) electrons. The Hall–Kier alpha value is -4.80. The van der Waals surface area contributed by atoms with Gasteiger partial charge in [-0.2, -0.15) is 4.98 Å². The van der Waals surface area contributed by atoms with Crippen molar-refractivity contribution < 1.29 is 19.2 Å². The summed E-state index contributed by atoms with van der Waals surface area (Å²) < 4.78 is 0. The monoisotopic (exact) mass is 527 g/mol. The summed E-state index contributed by atoms with van der Waals surface area (Å²) in [5.74, 6) is -0.927. The average molecular weight is 528 g/mol. The predicted molar refractivity (Wildman–Crippen MR) is 143 cm³/mol. The number of nitrogens with two attached hydrogens (primary N) is 1. The fourth-order valence-electron chi connectivity index (χ4n) is 5.04. The number of amides is 4. The second kappa shape index (κ2) is 10.9. The predicted octanol–water partition coefficient (Wildman–Crippen LogP) is 1.90. The Morgan fingerprint density at radius 1 is 1.15 bits per heavy atom. The molecule has 1 saturated heterocycles. The number of rotatable bonds is 9. The minimum atomic E-state index is -0.985. The number of imide groups is 1. The lowest BCUT2D eigenvalue weighted by molar-refractivity contribution is -0.137. The van der Waals surface area contributed by atoms with E-state index in [2.05, 4.69) is 20.6 Å². The Labute approximate surface area is 225 Å². The minimum Gasteiger partial charge on any atom is -0.368 e. The molecule has 0 spiro atoms. The molecule has 2 aliphatic rings. The Balaban J connectivity index is 1.40. The van der Waals surface area contributed by atoms with Gasteiger partial charge in [-0.3, -0.25) is 24.5 Å². The van der Waals surface area contributed by atoms with Crippen LogP contribution < -0.4 is 21.3 Å². The summed E-state index contributed by atoms with van der Waals surface area (Å²) in [7, 11) is 0. The Kier molecular flexibility index (Phi) is 7.22. The summed E-state index contributed by atoms with van der Waals surface area (Å²) >= 11 is 0. The largest absolute Gasteiger partial charge is 0.368 e. The molecule has 1 fully saturated rings. The zero-order valence-electron chi connectivity index (χ0n) is 21.5. The van der Waals surface area contributed by atoms with Crippen LogP contribution in [0.25, 0.3) is 0 Å². The minimum absolute atomic E-state index is 0.123. The first kappa shape index (κ1) is 25.8. The first-order valence-electron chi connectivity index (χ1n) is 12.8. The van der Waals surface area contributed by atoms with Crippen molar-refractivity contribution in [1.29, 1.82) is 0 Å². The molecule has 3 heterocycles. The summed E-state index contributed by atoms with van der Waals surface area (Å²) in [5, 5.41) is 5.43. The van der Waals surface area contributed by atoms with Gasteiger partial charge in [0.15, 0.2) is 0 Å². The number of primary amides is 1. The molecule has 2 unspecified atom stereocenters. The van der Waals surface area contributed by atoms with Crippen LogP contribution in [0.4, 0.5) is 11.8 Å². The van der Waals surface area contributed by atoms with Gasteiger partial charge in [0.25, 0.3) is 5.91 Å². The number of nitrogens with one attached hydrogen (secondary N) is 2. The summed E-state index contributed by atoms with van der Waals surface area (Å²) in [4.78, 5) is 62.5. The van der Waals surface area contributed by atoms with Crippen LogP contribution in [-0.4, -0.2) is 51.1 Å². The van der Waals surface area contributed by atoms with E-state index in [4.69, 9.17) is 5.73 Å². The van der Waals surface area contributed by atoms with E-state index in [-0.39, 0.29) is 31.2 Å². The van der Waals surface area contributed by atoms with Crippen molar-refractivity contribution in [2.75, 3.05) is 16.8 Å². The molecule has 0 aliphatic carbocycles. The SMILES string of the molecule is CCN(Cc1ccccc1)c1nccc(NC(C(N)=O)c2cccc3c2CN(C2CCC(=O)NC2=O)C3=O)n1. The normalized spacial score (nSPS) is 17.4. The van der Waals surface area contributed by atoms with Crippen molar-refractivity contribution in [1.82, 2.24) is 20.2 Å². The van der Waals surface area contributed by atoms with Gasteiger partial charge in [-0.15, -0.1) is 0 Å². The lowest BCUT2D eigenvalue weighted by Crippen LogP contribution is -2.52. The third-order valence-electron chi connectivity index (χ3n) is 7.03. The van der Waals surface area contributed by atoms with Crippen molar-refractivity contribution in [2.24, 2.45) is 5.73 Å². The number of anilines is 2. The number of carbonyl (C=O) groups is 4. The quantitative estimate of drug-likeness (QED) is 0.357. The molecule has 11 nitrogen and oxygen atoms in total. The van der Waals surface area contributed by atoms with E-state index >= 15 is 0 Å². The molecule has 3 aromatic rings. The van der Waals surface area contributed by atoms with E-state index in [0.29, 0.717) is 41.5 Å². The molecule has 2 aromatic carbocycles. The number of fused-ring (bicyclic) bond motifs is 1. The summed E-state index contributed by atoms with van der Waals surface area (Å²) in [5.41, 5.74) is 8.48. The number of hydrogen-bond donors (Lipinski definition) is 3. The van der Waals surface area contributed by atoms with Gasteiger partial charge in [0.1, 0.15) is 17.9 Å². The van der Waals surface area contributed by atoms with E-state index in [1.807, 2.05) is 42.2 Å². The highest BCUT2D eigenvalue weighted by Crippen LogP contribution is 2.33. The molecule has 2 aliphatic heterocycles. The second-order valence-electron chi connectivity index (χ2n) is 9.49. The molecule has 1 aromatic heterocycles. The van der Waals surface area contributed by atoms with E-state index in [9.17, 15) is 19.2 Å². The second-order valence-corrected chi connectivity index (χ2v) is 9.49. The number of hydrogen-bond acceptors (Lipinski definition) is 8. The number of benzene rings is 2. The molecular formula is C28H29N7O4. The van der Waals surface area contributed by atoms with Gasteiger partial charge >= 0.3 is 0 Å². The van der Waals surface area contributed by atoms with E-state index < -0.39 is 23.9 Å². The topological polar surface area (TPSA) is 151 Å². The van der Waals surface area contributed by atoms with Crippen molar-refractivity contribution in [3.63, 3.8) is 0 Å². The molecule has 4 amide bonds. The molecular weight excluding hydrogens is 498 g/mol. The Morgan fingerprint density at radius 2 is 1.95 bits per heavy atom. The summed E-state index contributed by atoms with van der Waals surface area (Å²) in [6.45, 7) is 3.42. The van der Waals surface area contributed by atoms with E-state index in [0.717, 1.165) is 5.56 Å². The van der Waals surface area contributed by atoms with Crippen LogP contribution in [0, 0.1) is 0 Å². The third-order valence-corrected chi connectivity index (χ3v) is 7.03. The van der Waals surface area contributed by atoms with Crippen molar-refractivity contribution in [3.8, 4) is 0 Å².